The van der Waals surface area contributed by atoms with E-state index in [0.717, 1.165) is 25.7 Å². The summed E-state index contributed by atoms with van der Waals surface area (Å²) in [6, 6.07) is 0. The summed E-state index contributed by atoms with van der Waals surface area (Å²) in [5.74, 6) is 0.372. The van der Waals surface area contributed by atoms with Gasteiger partial charge in [-0.3, -0.25) is 4.79 Å². The van der Waals surface area contributed by atoms with Crippen molar-refractivity contribution in [3.05, 3.63) is 11.6 Å². The van der Waals surface area contributed by atoms with Crippen molar-refractivity contribution in [3.8, 4) is 0 Å². The van der Waals surface area contributed by atoms with Gasteiger partial charge < -0.3 is 9.84 Å². The van der Waals surface area contributed by atoms with E-state index in [2.05, 4.69) is 27.7 Å². The molecule has 118 valence electrons. The summed E-state index contributed by atoms with van der Waals surface area (Å²) in [6.07, 6.45) is 6.68. The number of ether oxygens (including phenoxy) is 1. The van der Waals surface area contributed by atoms with E-state index < -0.39 is 0 Å². The number of ketones is 1. The van der Waals surface area contributed by atoms with Gasteiger partial charge in [0.25, 0.3) is 0 Å². The fraction of sp³-hybridized carbons (Fsp3) is 0.833. The van der Waals surface area contributed by atoms with Crippen LogP contribution in [0.3, 0.4) is 0 Å². The maximum absolute atomic E-state index is 12.2. The molecule has 2 bridgehead atoms. The Labute approximate surface area is 127 Å². The Kier molecular flexibility index (Phi) is 3.38. The molecule has 1 heterocycles. The third-order valence-electron chi connectivity index (χ3n) is 6.15. The molecule has 1 saturated heterocycles. The van der Waals surface area contributed by atoms with Crippen LogP contribution in [0.15, 0.2) is 11.6 Å². The van der Waals surface area contributed by atoms with E-state index in [1.54, 1.807) is 0 Å². The monoisotopic (exact) mass is 292 g/mol. The minimum absolute atomic E-state index is 0.170. The Morgan fingerprint density at radius 2 is 2.05 bits per heavy atom. The number of rotatable bonds is 3. The van der Waals surface area contributed by atoms with Gasteiger partial charge in [-0.15, -0.1) is 0 Å². The molecule has 3 aliphatic rings. The first-order valence-electron chi connectivity index (χ1n) is 8.36. The topological polar surface area (TPSA) is 46.5 Å². The lowest BCUT2D eigenvalue weighted by Crippen LogP contribution is -2.55. The molecule has 0 radical (unpaired) electrons. The molecule has 4 atom stereocenters. The number of allylic oxidation sites excluding steroid dienone is 1. The van der Waals surface area contributed by atoms with Crippen LogP contribution >= 0.6 is 0 Å². The van der Waals surface area contributed by atoms with Crippen LogP contribution in [0, 0.1) is 11.3 Å². The fourth-order valence-corrected chi connectivity index (χ4v) is 5.05. The van der Waals surface area contributed by atoms with Crippen molar-refractivity contribution in [2.75, 3.05) is 0 Å². The molecule has 1 saturated carbocycles. The highest BCUT2D eigenvalue weighted by Crippen LogP contribution is 2.64. The summed E-state index contributed by atoms with van der Waals surface area (Å²) in [7, 11) is 0. The predicted molar refractivity (Wildman–Crippen MR) is 82.0 cm³/mol. The normalized spacial score (nSPS) is 44.4. The van der Waals surface area contributed by atoms with Crippen molar-refractivity contribution in [1.29, 1.82) is 0 Å². The Hall–Kier alpha value is -0.670. The quantitative estimate of drug-likeness (QED) is 0.867. The Morgan fingerprint density at radius 3 is 2.71 bits per heavy atom. The van der Waals surface area contributed by atoms with Crippen molar-refractivity contribution >= 4 is 5.78 Å². The van der Waals surface area contributed by atoms with Gasteiger partial charge in [0.1, 0.15) is 0 Å². The van der Waals surface area contributed by atoms with E-state index in [4.69, 9.17) is 4.74 Å². The molecule has 2 fully saturated rings. The molecular weight excluding hydrogens is 264 g/mol. The van der Waals surface area contributed by atoms with Crippen LogP contribution in [0.2, 0.25) is 0 Å². The summed E-state index contributed by atoms with van der Waals surface area (Å²) in [5, 5.41) is 10.6. The number of hydrogen-bond acceptors (Lipinski definition) is 3. The molecule has 2 aliphatic carbocycles. The van der Waals surface area contributed by atoms with E-state index in [1.165, 1.54) is 5.57 Å². The summed E-state index contributed by atoms with van der Waals surface area (Å²) in [6.45, 7) is 8.50. The highest BCUT2D eigenvalue weighted by Gasteiger charge is 2.67. The van der Waals surface area contributed by atoms with E-state index in [1.807, 2.05) is 6.08 Å². The molecule has 0 amide bonds. The standard InChI is InChI=1S/C18H28O3/c1-5-6-7-12-8-13(19)9-17(4)11-15(20)14-10-18(12,17)21-16(14,2)3/h8,14-15,20H,5-7,9-11H2,1-4H3/t14-,15-,17-,18-/m0/s1. The Morgan fingerprint density at radius 1 is 1.33 bits per heavy atom. The maximum Gasteiger partial charge on any atom is 0.156 e. The van der Waals surface area contributed by atoms with Gasteiger partial charge in [0, 0.05) is 17.8 Å². The minimum Gasteiger partial charge on any atom is -0.393 e. The van der Waals surface area contributed by atoms with Gasteiger partial charge in [-0.25, -0.2) is 0 Å². The Bertz CT molecular complexity index is 493. The fourth-order valence-electron chi connectivity index (χ4n) is 5.05. The average Bonchev–Trinajstić information content (AvgIpc) is 2.62. The van der Waals surface area contributed by atoms with Crippen LogP contribution in [0.4, 0.5) is 0 Å². The molecule has 1 spiro atoms. The van der Waals surface area contributed by atoms with E-state index in [9.17, 15) is 9.90 Å². The lowest BCUT2D eigenvalue weighted by Gasteiger charge is -2.52. The van der Waals surface area contributed by atoms with Crippen LogP contribution in [-0.2, 0) is 9.53 Å². The molecule has 1 aliphatic heterocycles. The first kappa shape index (κ1) is 15.2. The molecule has 0 aromatic rings. The SMILES string of the molecule is CCCCC1=CC(=O)C[C@@]2(C)C[C@H](O)[C@@H]3C[C@]12OC3(C)C. The lowest BCUT2D eigenvalue weighted by molar-refractivity contribution is -0.146. The van der Waals surface area contributed by atoms with E-state index >= 15 is 0 Å². The van der Waals surface area contributed by atoms with Crippen LogP contribution < -0.4 is 0 Å². The van der Waals surface area contributed by atoms with E-state index in [0.29, 0.717) is 12.8 Å². The van der Waals surface area contributed by atoms with Gasteiger partial charge >= 0.3 is 0 Å². The second kappa shape index (κ2) is 4.66. The van der Waals surface area contributed by atoms with Gasteiger partial charge in [-0.1, -0.05) is 20.3 Å². The number of unbranched alkanes of at least 4 members (excludes halogenated alkanes) is 1. The van der Waals surface area contributed by atoms with Crippen LogP contribution in [0.1, 0.15) is 66.2 Å². The highest BCUT2D eigenvalue weighted by molar-refractivity contribution is 5.93. The number of fused-ring (bicyclic) bond motifs is 1. The average molecular weight is 292 g/mol. The second-order valence-corrected chi connectivity index (χ2v) is 8.09. The van der Waals surface area contributed by atoms with Crippen molar-refractivity contribution in [2.24, 2.45) is 11.3 Å². The zero-order valence-corrected chi connectivity index (χ0v) is 13.7. The first-order chi connectivity index (χ1) is 9.74. The summed E-state index contributed by atoms with van der Waals surface area (Å²) in [4.78, 5) is 12.2. The zero-order valence-electron chi connectivity index (χ0n) is 13.7. The van der Waals surface area contributed by atoms with Crippen LogP contribution in [0.5, 0.6) is 0 Å². The minimum atomic E-state index is -0.362. The highest BCUT2D eigenvalue weighted by atomic mass is 16.5. The second-order valence-electron chi connectivity index (χ2n) is 8.09. The molecule has 21 heavy (non-hydrogen) atoms. The van der Waals surface area contributed by atoms with Crippen molar-refractivity contribution in [1.82, 2.24) is 0 Å². The summed E-state index contributed by atoms with van der Waals surface area (Å²) >= 11 is 0. The van der Waals surface area contributed by atoms with Crippen LogP contribution in [0.25, 0.3) is 0 Å². The number of aliphatic hydroxyl groups is 1. The van der Waals surface area contributed by atoms with Gasteiger partial charge in [-0.05, 0) is 51.2 Å². The maximum atomic E-state index is 12.2. The van der Waals surface area contributed by atoms with Gasteiger partial charge in [0.15, 0.2) is 5.78 Å². The van der Waals surface area contributed by atoms with Gasteiger partial charge in [0.2, 0.25) is 0 Å². The molecule has 1 N–H and O–H groups in total. The first-order valence-corrected chi connectivity index (χ1v) is 8.36. The largest absolute Gasteiger partial charge is 0.393 e. The zero-order chi connectivity index (χ0) is 15.5. The molecule has 3 nitrogen and oxygen atoms in total. The summed E-state index contributed by atoms with van der Waals surface area (Å²) < 4.78 is 6.62. The van der Waals surface area contributed by atoms with Crippen molar-refractivity contribution in [2.45, 2.75) is 83.5 Å². The molecule has 3 rings (SSSR count). The molecular formula is C18H28O3. The van der Waals surface area contributed by atoms with Crippen molar-refractivity contribution < 1.29 is 14.6 Å². The lowest BCUT2D eigenvalue weighted by atomic mass is 9.54. The number of hydrogen-bond donors (Lipinski definition) is 1. The number of carbonyl (C=O) groups excluding carboxylic acids is 1. The summed E-state index contributed by atoms with van der Waals surface area (Å²) in [5.41, 5.74) is 0.281. The van der Waals surface area contributed by atoms with Gasteiger partial charge in [-0.2, -0.15) is 0 Å². The third kappa shape index (κ3) is 2.04. The van der Waals surface area contributed by atoms with E-state index in [-0.39, 0.29) is 34.4 Å². The van der Waals surface area contributed by atoms with Crippen LogP contribution in [-0.4, -0.2) is 28.2 Å². The third-order valence-corrected chi connectivity index (χ3v) is 6.15. The Balaban J connectivity index is 2.07. The predicted octanol–water partition coefficient (Wildman–Crippen LogP) is 3.40. The molecule has 0 aromatic heterocycles. The van der Waals surface area contributed by atoms with Crippen molar-refractivity contribution in [3.63, 3.8) is 0 Å². The number of carbonyl (C=O) groups is 1. The van der Waals surface area contributed by atoms with Gasteiger partial charge in [0.05, 0.1) is 17.3 Å². The smallest absolute Gasteiger partial charge is 0.156 e. The molecule has 3 heteroatoms. The molecule has 0 unspecified atom stereocenters. The number of aliphatic hydroxyl groups excluding tert-OH is 1. The molecule has 0 aromatic carbocycles.